The standard InChI is InChI=1S/C32H34F6N4O4S/c1-20-16-23(27(43)41-11-7-29(45,19-33)8-12-41)17-21(2)25(20)6-15-47(46)42-13-9-30(10-14-42)28(44)39-26(40-30)22-4-3-5-24(18-22)31(34,35)32(36,37)38/h3-6,15-18,45H,7-14,19H2,1-2H3,(H,39,40,44)/b15-6+. The van der Waals surface area contributed by atoms with E-state index in [1.807, 2.05) is 13.8 Å². The van der Waals surface area contributed by atoms with Crippen LogP contribution in [0.1, 0.15) is 63.9 Å². The van der Waals surface area contributed by atoms with E-state index in [1.54, 1.807) is 27.4 Å². The highest BCUT2D eigenvalue weighted by molar-refractivity contribution is 7.85. The maximum atomic E-state index is 13.9. The molecule has 15 heteroatoms. The van der Waals surface area contributed by atoms with Gasteiger partial charge in [-0.1, -0.05) is 18.2 Å². The number of aliphatic hydroxyl groups is 1. The lowest BCUT2D eigenvalue weighted by molar-refractivity contribution is -0.289. The van der Waals surface area contributed by atoms with Gasteiger partial charge in [-0.25, -0.2) is 12.9 Å². The molecule has 2 fully saturated rings. The average Bonchev–Trinajstić information content (AvgIpc) is 3.35. The summed E-state index contributed by atoms with van der Waals surface area (Å²) in [6, 6.07) is 7.11. The number of benzene rings is 2. The number of piperidine rings is 2. The van der Waals surface area contributed by atoms with Crippen molar-refractivity contribution in [2.24, 2.45) is 4.99 Å². The Labute approximate surface area is 270 Å². The molecule has 2 aromatic carbocycles. The summed E-state index contributed by atoms with van der Waals surface area (Å²) in [6.07, 6.45) is -3.47. The first-order chi connectivity index (χ1) is 22.0. The van der Waals surface area contributed by atoms with Gasteiger partial charge in [0.15, 0.2) is 0 Å². The van der Waals surface area contributed by atoms with Crippen molar-refractivity contribution in [2.75, 3.05) is 32.9 Å². The maximum absolute atomic E-state index is 13.9. The maximum Gasteiger partial charge on any atom is 0.458 e. The number of amidine groups is 1. The number of nitrogens with zero attached hydrogens (tertiary/aromatic N) is 3. The van der Waals surface area contributed by atoms with Crippen LogP contribution in [0.5, 0.6) is 0 Å². The van der Waals surface area contributed by atoms with Crippen LogP contribution in [0.15, 0.2) is 46.8 Å². The molecule has 3 aliphatic heterocycles. The second kappa shape index (κ2) is 12.8. The average molecular weight is 685 g/mol. The predicted molar refractivity (Wildman–Crippen MR) is 164 cm³/mol. The number of nitrogens with one attached hydrogen (secondary N) is 1. The molecule has 254 valence electrons. The molecule has 47 heavy (non-hydrogen) atoms. The second-order valence-corrected chi connectivity index (χ2v) is 13.6. The predicted octanol–water partition coefficient (Wildman–Crippen LogP) is 4.94. The molecule has 8 nitrogen and oxygen atoms in total. The Balaban J connectivity index is 1.23. The summed E-state index contributed by atoms with van der Waals surface area (Å²) < 4.78 is 94.4. The Morgan fingerprint density at radius 1 is 1.02 bits per heavy atom. The zero-order valence-corrected chi connectivity index (χ0v) is 26.5. The first-order valence-corrected chi connectivity index (χ1v) is 16.2. The molecule has 3 aliphatic rings. The third-order valence-electron chi connectivity index (χ3n) is 9.06. The summed E-state index contributed by atoms with van der Waals surface area (Å²) in [5, 5.41) is 14.1. The van der Waals surface area contributed by atoms with Crippen molar-refractivity contribution in [3.05, 3.63) is 75.2 Å². The number of amides is 2. The molecule has 1 unspecified atom stereocenters. The van der Waals surface area contributed by atoms with Gasteiger partial charge in [-0.2, -0.15) is 22.0 Å². The van der Waals surface area contributed by atoms with Crippen molar-refractivity contribution >= 4 is 34.7 Å². The second-order valence-electron chi connectivity index (χ2n) is 12.3. The molecule has 0 aliphatic carbocycles. The smallest absolute Gasteiger partial charge is 0.387 e. The highest BCUT2D eigenvalue weighted by Gasteiger charge is 2.58. The van der Waals surface area contributed by atoms with E-state index in [0.29, 0.717) is 17.7 Å². The number of aryl methyl sites for hydroxylation is 2. The Kier molecular flexibility index (Phi) is 9.47. The molecule has 2 N–H and O–H groups in total. The van der Waals surface area contributed by atoms with Gasteiger partial charge in [-0.05, 0) is 80.5 Å². The Morgan fingerprint density at radius 3 is 2.21 bits per heavy atom. The number of likely N-dealkylation sites (tertiary alicyclic amines) is 1. The van der Waals surface area contributed by atoms with Gasteiger partial charge in [-0.15, -0.1) is 0 Å². The minimum atomic E-state index is -5.79. The van der Waals surface area contributed by atoms with Gasteiger partial charge in [0.2, 0.25) is 0 Å². The monoisotopic (exact) mass is 684 g/mol. The molecule has 0 aromatic heterocycles. The molecule has 3 heterocycles. The molecule has 1 atom stereocenters. The van der Waals surface area contributed by atoms with E-state index in [9.17, 15) is 45.2 Å². The van der Waals surface area contributed by atoms with Gasteiger partial charge in [-0.3, -0.25) is 14.6 Å². The van der Waals surface area contributed by atoms with Gasteiger partial charge in [0, 0.05) is 48.3 Å². The minimum absolute atomic E-state index is 0.0797. The number of carbonyl (C=O) groups excluding carboxylic acids is 2. The van der Waals surface area contributed by atoms with E-state index in [4.69, 9.17) is 0 Å². The molecular weight excluding hydrogens is 650 g/mol. The molecule has 1 spiro atoms. The third-order valence-corrected chi connectivity index (χ3v) is 10.3. The van der Waals surface area contributed by atoms with E-state index in [0.717, 1.165) is 22.8 Å². The SMILES string of the molecule is Cc1cc(C(=O)N2CCC(O)(CF)CC2)cc(C)c1/C=C/S(=O)N1CCC2(CC1)N=C(c1cccc(C(F)(F)C(F)(F)F)c1)NC2=O. The van der Waals surface area contributed by atoms with Crippen molar-refractivity contribution in [1.82, 2.24) is 14.5 Å². The van der Waals surface area contributed by atoms with Crippen LogP contribution in [0.25, 0.3) is 6.08 Å². The van der Waals surface area contributed by atoms with E-state index in [1.165, 1.54) is 11.5 Å². The van der Waals surface area contributed by atoms with Crippen molar-refractivity contribution in [2.45, 2.75) is 62.8 Å². The van der Waals surface area contributed by atoms with Crippen LogP contribution in [-0.4, -0.2) is 86.3 Å². The number of aliphatic imine (C=N–C) groups is 1. The largest absolute Gasteiger partial charge is 0.458 e. The normalized spacial score (nSPS) is 20.8. The summed E-state index contributed by atoms with van der Waals surface area (Å²) in [6.45, 7) is 3.69. The summed E-state index contributed by atoms with van der Waals surface area (Å²) in [5.74, 6) is -5.90. The van der Waals surface area contributed by atoms with Crippen molar-refractivity contribution in [3.63, 3.8) is 0 Å². The third kappa shape index (κ3) is 6.88. The Hall–Kier alpha value is -3.56. The molecule has 2 saturated heterocycles. The highest BCUT2D eigenvalue weighted by Crippen LogP contribution is 2.44. The first kappa shape index (κ1) is 34.8. The van der Waals surface area contributed by atoms with Crippen LogP contribution in [0.2, 0.25) is 0 Å². The molecule has 2 aromatic rings. The fourth-order valence-corrected chi connectivity index (χ4v) is 7.04. The molecule has 0 radical (unpaired) electrons. The van der Waals surface area contributed by atoms with E-state index in [2.05, 4.69) is 10.3 Å². The van der Waals surface area contributed by atoms with E-state index in [-0.39, 0.29) is 69.2 Å². The number of halogens is 6. The molecule has 5 rings (SSSR count). The number of alkyl halides is 6. The number of hydrogen-bond acceptors (Lipinski definition) is 5. The van der Waals surface area contributed by atoms with E-state index < -0.39 is 52.4 Å². The first-order valence-electron chi connectivity index (χ1n) is 15.0. The van der Waals surface area contributed by atoms with Gasteiger partial charge in [0.1, 0.15) is 29.0 Å². The van der Waals surface area contributed by atoms with Crippen molar-refractivity contribution < 1.29 is 45.2 Å². The van der Waals surface area contributed by atoms with Crippen LogP contribution >= 0.6 is 0 Å². The summed E-state index contributed by atoms with van der Waals surface area (Å²) >= 11 is 0. The minimum Gasteiger partial charge on any atom is -0.387 e. The van der Waals surface area contributed by atoms with Gasteiger partial charge >= 0.3 is 12.1 Å². The lowest BCUT2D eigenvalue weighted by Gasteiger charge is -2.36. The van der Waals surface area contributed by atoms with E-state index >= 15 is 0 Å². The highest BCUT2D eigenvalue weighted by atomic mass is 32.2. The van der Waals surface area contributed by atoms with Crippen LogP contribution < -0.4 is 5.32 Å². The number of carbonyl (C=O) groups is 2. The van der Waals surface area contributed by atoms with Crippen molar-refractivity contribution in [3.8, 4) is 0 Å². The Bertz CT molecular complexity index is 1620. The van der Waals surface area contributed by atoms with Crippen LogP contribution in [0, 0.1) is 13.8 Å². The number of rotatable bonds is 7. The molecule has 0 bridgehead atoms. The fraction of sp³-hybridized carbons (Fsp3) is 0.469. The summed E-state index contributed by atoms with van der Waals surface area (Å²) in [5.41, 5.74) is -1.22. The molecular formula is C32H34F6N4O4S. The Morgan fingerprint density at radius 2 is 1.64 bits per heavy atom. The van der Waals surface area contributed by atoms with Gasteiger partial charge in [0.25, 0.3) is 11.8 Å². The summed E-state index contributed by atoms with van der Waals surface area (Å²) in [7, 11) is -1.59. The number of hydrogen-bond donors (Lipinski definition) is 2. The van der Waals surface area contributed by atoms with Crippen LogP contribution in [-0.2, 0) is 21.7 Å². The molecule has 0 saturated carbocycles. The zero-order valence-electron chi connectivity index (χ0n) is 25.7. The lowest BCUT2D eigenvalue weighted by atomic mass is 9.89. The summed E-state index contributed by atoms with van der Waals surface area (Å²) in [4.78, 5) is 32.0. The van der Waals surface area contributed by atoms with Gasteiger partial charge in [0.05, 0.1) is 5.60 Å². The quantitative estimate of drug-likeness (QED) is 0.404. The molecule has 2 amide bonds. The topological polar surface area (TPSA) is 102 Å². The van der Waals surface area contributed by atoms with Crippen LogP contribution in [0.4, 0.5) is 26.3 Å². The van der Waals surface area contributed by atoms with Crippen molar-refractivity contribution in [1.29, 1.82) is 0 Å². The lowest BCUT2D eigenvalue weighted by Crippen LogP contribution is -2.49. The van der Waals surface area contributed by atoms with Gasteiger partial charge < -0.3 is 15.3 Å². The zero-order chi connectivity index (χ0) is 34.4. The fourth-order valence-electron chi connectivity index (χ4n) is 6.07. The van der Waals surface area contributed by atoms with Crippen LogP contribution in [0.3, 0.4) is 0 Å².